The summed E-state index contributed by atoms with van der Waals surface area (Å²) in [7, 11) is 0. The second-order valence-electron chi connectivity index (χ2n) is 18.8. The molecule has 2 aliphatic heterocycles. The highest BCUT2D eigenvalue weighted by Gasteiger charge is 2.44. The largest absolute Gasteiger partial charge is 0.310 e. The Kier molecular flexibility index (Phi) is 8.72. The molecule has 71 heavy (non-hydrogen) atoms. The quantitative estimate of drug-likeness (QED) is 0.148. The average Bonchev–Trinajstić information content (AvgIpc) is 3.95. The zero-order valence-corrected chi connectivity index (χ0v) is 38.7. The van der Waals surface area contributed by atoms with Gasteiger partial charge in [0.05, 0.1) is 27.9 Å². The molecular weight excluding hydrogens is 860 g/mol. The van der Waals surface area contributed by atoms with Crippen molar-refractivity contribution in [3.05, 3.63) is 261 Å². The van der Waals surface area contributed by atoms with Gasteiger partial charge in [-0.25, -0.2) is 0 Å². The van der Waals surface area contributed by atoms with E-state index in [0.29, 0.717) is 0 Å². The van der Waals surface area contributed by atoms with E-state index in [1.54, 1.807) is 0 Å². The van der Waals surface area contributed by atoms with Gasteiger partial charge in [0.25, 0.3) is 6.71 Å². The number of hydrogen-bond donors (Lipinski definition) is 0. The summed E-state index contributed by atoms with van der Waals surface area (Å²) in [5, 5.41) is 4.95. The van der Waals surface area contributed by atoms with Crippen LogP contribution in [0.1, 0.15) is 0 Å². The first kappa shape index (κ1) is 39.7. The predicted molar refractivity (Wildman–Crippen MR) is 300 cm³/mol. The monoisotopic (exact) mass is 902 g/mol. The molecule has 4 nitrogen and oxygen atoms in total. The van der Waals surface area contributed by atoms with Gasteiger partial charge in [-0.2, -0.15) is 0 Å². The van der Waals surface area contributed by atoms with Gasteiger partial charge in [-0.05, 0) is 130 Å². The third-order valence-corrected chi connectivity index (χ3v) is 15.1. The number of anilines is 6. The van der Waals surface area contributed by atoms with Gasteiger partial charge in [0, 0.05) is 61.2 Å². The highest BCUT2D eigenvalue weighted by molar-refractivity contribution is 7.00. The van der Waals surface area contributed by atoms with E-state index in [1.165, 1.54) is 99.3 Å². The number of aromatic nitrogens is 2. The van der Waals surface area contributed by atoms with Crippen LogP contribution in [0.15, 0.2) is 261 Å². The van der Waals surface area contributed by atoms with Crippen molar-refractivity contribution in [2.24, 2.45) is 0 Å². The van der Waals surface area contributed by atoms with Crippen LogP contribution in [0.2, 0.25) is 0 Å². The summed E-state index contributed by atoms with van der Waals surface area (Å²) >= 11 is 0. The van der Waals surface area contributed by atoms with Gasteiger partial charge in [-0.15, -0.1) is 0 Å². The number of nitrogens with zero attached hydrogens (tertiary/aromatic N) is 4. The number of fused-ring (bicyclic) bond motifs is 10. The third-order valence-electron chi connectivity index (χ3n) is 15.1. The standard InChI is InChI=1S/C66H43BN4/c1-6-19-44(20-7-1)46-33-36-51(37-34-46)69-58-38-35-47(45-21-8-2-9-22-45)41-53(58)55-43-63-54(42-62(55)69)52-29-18-31-57-65(52)71(63)60-39-40-61(68(48-23-10-3-11-24-48)49-25-12-4-13-26-49)66-64(60)67(57)56-30-16-17-32-59(56)70(66)50-27-14-5-15-28-50/h1-43H. The molecule has 15 rings (SSSR count). The molecule has 0 saturated carbocycles. The molecule has 0 spiro atoms. The fraction of sp³-hybridized carbons (Fsp3) is 0. The Morgan fingerprint density at radius 3 is 1.55 bits per heavy atom. The molecule has 2 aromatic heterocycles. The molecule has 0 atom stereocenters. The van der Waals surface area contributed by atoms with Gasteiger partial charge < -0.3 is 18.9 Å². The van der Waals surface area contributed by atoms with Crippen LogP contribution in [0, 0.1) is 0 Å². The van der Waals surface area contributed by atoms with E-state index in [1.807, 2.05) is 0 Å². The second-order valence-corrected chi connectivity index (χ2v) is 18.8. The summed E-state index contributed by atoms with van der Waals surface area (Å²) in [6.45, 7) is -0.0225. The van der Waals surface area contributed by atoms with Crippen molar-refractivity contribution >= 4 is 101 Å². The Labute approximate surface area is 412 Å². The third kappa shape index (κ3) is 5.93. The highest BCUT2D eigenvalue weighted by atomic mass is 15.2. The van der Waals surface area contributed by atoms with Gasteiger partial charge >= 0.3 is 0 Å². The average molecular weight is 903 g/mol. The molecule has 0 amide bonds. The molecule has 0 saturated heterocycles. The number of benzene rings is 11. The first-order valence-electron chi connectivity index (χ1n) is 24.5. The molecule has 11 aromatic carbocycles. The van der Waals surface area contributed by atoms with Gasteiger partial charge in [0.15, 0.2) is 0 Å². The van der Waals surface area contributed by atoms with Crippen LogP contribution < -0.4 is 26.2 Å². The van der Waals surface area contributed by atoms with Crippen LogP contribution in [-0.4, -0.2) is 15.8 Å². The molecule has 0 N–H and O–H groups in total. The molecule has 0 radical (unpaired) electrons. The lowest BCUT2D eigenvalue weighted by molar-refractivity contribution is 1.16. The van der Waals surface area contributed by atoms with E-state index >= 15 is 0 Å². The Morgan fingerprint density at radius 1 is 0.324 bits per heavy atom. The lowest BCUT2D eigenvalue weighted by Crippen LogP contribution is -2.60. The lowest BCUT2D eigenvalue weighted by Gasteiger charge is -2.43. The molecule has 4 heterocycles. The van der Waals surface area contributed by atoms with Crippen LogP contribution >= 0.6 is 0 Å². The van der Waals surface area contributed by atoms with Crippen LogP contribution in [0.5, 0.6) is 0 Å². The molecule has 330 valence electrons. The first-order chi connectivity index (χ1) is 35.3. The highest BCUT2D eigenvalue weighted by Crippen LogP contribution is 2.49. The minimum atomic E-state index is -0.0225. The second kappa shape index (κ2) is 15.6. The van der Waals surface area contributed by atoms with Crippen LogP contribution in [0.4, 0.5) is 34.1 Å². The zero-order valence-electron chi connectivity index (χ0n) is 38.7. The molecule has 0 bridgehead atoms. The van der Waals surface area contributed by atoms with E-state index in [2.05, 4.69) is 280 Å². The fourth-order valence-electron chi connectivity index (χ4n) is 12.1. The minimum Gasteiger partial charge on any atom is -0.310 e. The molecule has 0 unspecified atom stereocenters. The van der Waals surface area contributed by atoms with E-state index in [4.69, 9.17) is 0 Å². The van der Waals surface area contributed by atoms with E-state index in [9.17, 15) is 0 Å². The summed E-state index contributed by atoms with van der Waals surface area (Å²) in [6.07, 6.45) is 0. The van der Waals surface area contributed by atoms with Crippen molar-refractivity contribution in [1.29, 1.82) is 0 Å². The normalized spacial score (nSPS) is 12.5. The maximum absolute atomic E-state index is 2.60. The first-order valence-corrected chi connectivity index (χ1v) is 24.5. The van der Waals surface area contributed by atoms with Crippen molar-refractivity contribution in [3.8, 4) is 33.6 Å². The number of para-hydroxylation sites is 5. The summed E-state index contributed by atoms with van der Waals surface area (Å²) < 4.78 is 5.08. The van der Waals surface area contributed by atoms with Crippen molar-refractivity contribution in [3.63, 3.8) is 0 Å². The molecule has 5 heteroatoms. The zero-order chi connectivity index (χ0) is 46.6. The van der Waals surface area contributed by atoms with E-state index in [0.717, 1.165) is 28.4 Å². The van der Waals surface area contributed by atoms with E-state index < -0.39 is 0 Å². The minimum absolute atomic E-state index is 0.0225. The molecule has 0 fully saturated rings. The Bertz CT molecular complexity index is 4160. The Morgan fingerprint density at radius 2 is 0.859 bits per heavy atom. The summed E-state index contributed by atoms with van der Waals surface area (Å²) in [5.74, 6) is 0. The van der Waals surface area contributed by atoms with Gasteiger partial charge in [-0.3, -0.25) is 0 Å². The number of rotatable bonds is 7. The lowest BCUT2D eigenvalue weighted by atomic mass is 9.33. The summed E-state index contributed by atoms with van der Waals surface area (Å²) in [4.78, 5) is 4.96. The summed E-state index contributed by atoms with van der Waals surface area (Å²) in [5.41, 5.74) is 22.7. The fourth-order valence-corrected chi connectivity index (χ4v) is 12.1. The molecule has 2 aliphatic rings. The van der Waals surface area contributed by atoms with Crippen LogP contribution in [-0.2, 0) is 0 Å². The Balaban J connectivity index is 1.05. The van der Waals surface area contributed by atoms with Gasteiger partial charge in [0.1, 0.15) is 0 Å². The van der Waals surface area contributed by atoms with Crippen LogP contribution in [0.3, 0.4) is 0 Å². The van der Waals surface area contributed by atoms with Gasteiger partial charge in [-0.1, -0.05) is 170 Å². The molecule has 13 aromatic rings. The predicted octanol–water partition coefficient (Wildman–Crippen LogP) is 15.3. The summed E-state index contributed by atoms with van der Waals surface area (Å²) in [6, 6.07) is 96.0. The van der Waals surface area contributed by atoms with Crippen molar-refractivity contribution in [2.45, 2.75) is 0 Å². The molecule has 0 aliphatic carbocycles. The van der Waals surface area contributed by atoms with Gasteiger partial charge in [0.2, 0.25) is 0 Å². The smallest absolute Gasteiger partial charge is 0.252 e. The maximum atomic E-state index is 2.60. The van der Waals surface area contributed by atoms with Crippen molar-refractivity contribution in [1.82, 2.24) is 9.13 Å². The Hall–Kier alpha value is -9.32. The van der Waals surface area contributed by atoms with Crippen molar-refractivity contribution < 1.29 is 0 Å². The topological polar surface area (TPSA) is 16.3 Å². The SMILES string of the molecule is c1ccc(-c2ccc(-n3c4ccc(-c5ccccc5)cc4c4cc5c(cc43)c3cccc4c3n5-c3ccc(N(c5ccccc5)c5ccccc5)c5c3B4c3ccccc3N5c3ccccc3)cc2)cc1. The van der Waals surface area contributed by atoms with Crippen molar-refractivity contribution in [2.75, 3.05) is 9.80 Å². The number of hydrogen-bond acceptors (Lipinski definition) is 2. The maximum Gasteiger partial charge on any atom is 0.252 e. The van der Waals surface area contributed by atoms with Crippen LogP contribution in [0.25, 0.3) is 77.2 Å². The molecular formula is C66H43BN4. The van der Waals surface area contributed by atoms with E-state index in [-0.39, 0.29) is 6.71 Å².